The fourth-order valence-electron chi connectivity index (χ4n) is 4.20. The lowest BCUT2D eigenvalue weighted by Gasteiger charge is -2.10. The average Bonchev–Trinajstić information content (AvgIpc) is 2.98. The van der Waals surface area contributed by atoms with E-state index in [1.165, 1.54) is 54.6 Å². The van der Waals surface area contributed by atoms with E-state index in [1.807, 2.05) is 13.8 Å². The number of carbonyl (C=O) groups is 2. The minimum atomic E-state index is -0.558. The number of benzene rings is 4. The fourth-order valence-corrected chi connectivity index (χ4v) is 4.20. The Morgan fingerprint density at radius 1 is 0.636 bits per heavy atom. The van der Waals surface area contributed by atoms with Crippen molar-refractivity contribution in [3.8, 4) is 34.5 Å². The molecule has 0 fully saturated rings. The molecule has 0 heterocycles. The van der Waals surface area contributed by atoms with Gasteiger partial charge >= 0.3 is 0 Å². The zero-order valence-electron chi connectivity index (χ0n) is 24.3. The number of ketones is 2. The minimum absolute atomic E-state index is 0.0251. The molecular formula is C34H34F2O8. The zero-order valence-corrected chi connectivity index (χ0v) is 24.3. The van der Waals surface area contributed by atoms with Gasteiger partial charge in [0, 0.05) is 18.2 Å². The van der Waals surface area contributed by atoms with E-state index < -0.39 is 29.8 Å². The average molecular weight is 609 g/mol. The predicted molar refractivity (Wildman–Crippen MR) is 160 cm³/mol. The monoisotopic (exact) mass is 608 g/mol. The molecule has 8 nitrogen and oxygen atoms in total. The lowest BCUT2D eigenvalue weighted by Crippen LogP contribution is -2.13. The number of hydrogen-bond donors (Lipinski definition) is 4. The second kappa shape index (κ2) is 15.9. The van der Waals surface area contributed by atoms with E-state index in [9.17, 15) is 38.8 Å². The van der Waals surface area contributed by atoms with Crippen LogP contribution >= 0.6 is 0 Å². The number of carbonyl (C=O) groups excluding carboxylic acids is 2. The highest BCUT2D eigenvalue weighted by Crippen LogP contribution is 2.30. The fraction of sp³-hybridized carbons (Fsp3) is 0.235. The lowest BCUT2D eigenvalue weighted by molar-refractivity contribution is 0.0910. The zero-order chi connectivity index (χ0) is 32.2. The van der Waals surface area contributed by atoms with Crippen molar-refractivity contribution in [1.29, 1.82) is 0 Å². The number of para-hydroxylation sites is 1. The van der Waals surface area contributed by atoms with Gasteiger partial charge in [-0.15, -0.1) is 0 Å². The molecule has 44 heavy (non-hydrogen) atoms. The number of aromatic hydroxyl groups is 4. The Labute approximate surface area is 253 Å². The van der Waals surface area contributed by atoms with E-state index in [0.717, 1.165) is 25.0 Å². The van der Waals surface area contributed by atoms with Gasteiger partial charge in [-0.25, -0.2) is 8.78 Å². The van der Waals surface area contributed by atoms with Crippen molar-refractivity contribution in [1.82, 2.24) is 0 Å². The van der Waals surface area contributed by atoms with Crippen molar-refractivity contribution < 1.29 is 48.3 Å². The molecule has 4 N–H and O–H groups in total. The smallest absolute Gasteiger partial charge is 0.203 e. The first kappa shape index (κ1) is 33.4. The van der Waals surface area contributed by atoms with Crippen molar-refractivity contribution in [3.05, 3.63) is 107 Å². The SMILES string of the molecule is CCCc1cc(C(=O)COc2cccc(F)c2)c(O)cc1O.CCCc1cc(C(=O)COc2ccccc2F)c(O)cc1O. The van der Waals surface area contributed by atoms with Crippen LogP contribution in [0, 0.1) is 11.6 Å². The van der Waals surface area contributed by atoms with Crippen molar-refractivity contribution in [2.24, 2.45) is 0 Å². The van der Waals surface area contributed by atoms with Gasteiger partial charge < -0.3 is 29.9 Å². The first-order valence-electron chi connectivity index (χ1n) is 14.0. The molecule has 4 aromatic carbocycles. The topological polar surface area (TPSA) is 134 Å². The second-order valence-electron chi connectivity index (χ2n) is 9.81. The number of Topliss-reactive ketones (excluding diaryl/α,β-unsaturated/α-hetero) is 2. The molecule has 0 aromatic heterocycles. The molecule has 0 aliphatic heterocycles. The second-order valence-corrected chi connectivity index (χ2v) is 9.81. The summed E-state index contributed by atoms with van der Waals surface area (Å²) >= 11 is 0. The van der Waals surface area contributed by atoms with E-state index in [1.54, 1.807) is 6.07 Å². The number of halogens is 2. The quantitative estimate of drug-likeness (QED) is 0.128. The Morgan fingerprint density at radius 3 is 1.66 bits per heavy atom. The van der Waals surface area contributed by atoms with E-state index in [0.29, 0.717) is 24.0 Å². The molecule has 0 amide bonds. The molecule has 10 heteroatoms. The third kappa shape index (κ3) is 9.19. The van der Waals surface area contributed by atoms with Gasteiger partial charge in [-0.05, 0) is 60.4 Å². The van der Waals surface area contributed by atoms with Crippen LogP contribution in [0.2, 0.25) is 0 Å². The van der Waals surface area contributed by atoms with Crippen molar-refractivity contribution >= 4 is 11.6 Å². The highest BCUT2D eigenvalue weighted by atomic mass is 19.1. The van der Waals surface area contributed by atoms with Crippen LogP contribution in [0.4, 0.5) is 8.78 Å². The van der Waals surface area contributed by atoms with Crippen LogP contribution in [0.5, 0.6) is 34.5 Å². The van der Waals surface area contributed by atoms with Crippen LogP contribution in [0.25, 0.3) is 0 Å². The minimum Gasteiger partial charge on any atom is -0.508 e. The Hall–Kier alpha value is -5.12. The van der Waals surface area contributed by atoms with Crippen molar-refractivity contribution in [2.45, 2.75) is 39.5 Å². The highest BCUT2D eigenvalue weighted by molar-refractivity contribution is 6.00. The van der Waals surface area contributed by atoms with E-state index in [-0.39, 0.29) is 52.2 Å². The van der Waals surface area contributed by atoms with Gasteiger partial charge in [-0.3, -0.25) is 9.59 Å². The first-order valence-corrected chi connectivity index (χ1v) is 14.0. The highest BCUT2D eigenvalue weighted by Gasteiger charge is 2.17. The normalized spacial score (nSPS) is 10.5. The van der Waals surface area contributed by atoms with Gasteiger partial charge in [0.05, 0.1) is 11.1 Å². The van der Waals surface area contributed by atoms with E-state index in [2.05, 4.69) is 0 Å². The molecule has 0 bridgehead atoms. The molecular weight excluding hydrogens is 574 g/mol. The summed E-state index contributed by atoms with van der Waals surface area (Å²) in [5, 5.41) is 39.0. The Bertz CT molecular complexity index is 1600. The third-order valence-corrected chi connectivity index (χ3v) is 6.39. The molecule has 232 valence electrons. The molecule has 0 aliphatic carbocycles. The van der Waals surface area contributed by atoms with Crippen molar-refractivity contribution in [3.63, 3.8) is 0 Å². The molecule has 0 saturated heterocycles. The van der Waals surface area contributed by atoms with Crippen LogP contribution in [0.3, 0.4) is 0 Å². The number of aryl methyl sites for hydroxylation is 2. The van der Waals surface area contributed by atoms with E-state index in [4.69, 9.17) is 9.47 Å². The summed E-state index contributed by atoms with van der Waals surface area (Å²) in [6.07, 6.45) is 2.77. The van der Waals surface area contributed by atoms with Crippen LogP contribution in [-0.2, 0) is 12.8 Å². The van der Waals surface area contributed by atoms with Gasteiger partial charge in [0.1, 0.15) is 34.6 Å². The Morgan fingerprint density at radius 2 is 1.16 bits per heavy atom. The predicted octanol–water partition coefficient (Wildman–Crippen LogP) is 6.90. The van der Waals surface area contributed by atoms with Crippen LogP contribution in [0.1, 0.15) is 58.5 Å². The van der Waals surface area contributed by atoms with Crippen LogP contribution < -0.4 is 9.47 Å². The third-order valence-electron chi connectivity index (χ3n) is 6.39. The summed E-state index contributed by atoms with van der Waals surface area (Å²) < 4.78 is 36.8. The van der Waals surface area contributed by atoms with Gasteiger partial charge in [-0.2, -0.15) is 0 Å². The van der Waals surface area contributed by atoms with Gasteiger partial charge in [0.2, 0.25) is 11.6 Å². The summed E-state index contributed by atoms with van der Waals surface area (Å²) in [6, 6.07) is 16.4. The summed E-state index contributed by atoms with van der Waals surface area (Å²) in [6.45, 7) is 3.16. The molecule has 0 unspecified atom stereocenters. The summed E-state index contributed by atoms with van der Waals surface area (Å²) in [4.78, 5) is 24.3. The maximum Gasteiger partial charge on any atom is 0.203 e. The molecule has 0 atom stereocenters. The molecule has 0 aliphatic rings. The maximum absolute atomic E-state index is 13.4. The largest absolute Gasteiger partial charge is 0.508 e. The molecule has 4 aromatic rings. The Kier molecular flexibility index (Phi) is 12.1. The molecule has 0 radical (unpaired) electrons. The number of phenolic OH excluding ortho intramolecular Hbond substituents is 4. The summed E-state index contributed by atoms with van der Waals surface area (Å²) in [5.74, 6) is -2.45. The maximum atomic E-state index is 13.4. The number of hydrogen-bond acceptors (Lipinski definition) is 8. The van der Waals surface area contributed by atoms with Crippen LogP contribution in [-0.4, -0.2) is 45.2 Å². The molecule has 4 rings (SSSR count). The standard InChI is InChI=1S/2C17H17FO4/c1-2-5-11-8-12(15(20)9-14(11)19)16(21)10-22-17-7-4-3-6-13(17)18;1-2-4-11-7-14(16(20)9-15(11)19)17(21)10-22-13-6-3-5-12(18)8-13/h3-4,6-9,19-20H,2,5,10H2,1H3;3,5-9,19-20H,2,4,10H2,1H3. The number of ether oxygens (including phenoxy) is 2. The number of phenols is 4. The summed E-state index contributed by atoms with van der Waals surface area (Å²) in [7, 11) is 0. The van der Waals surface area contributed by atoms with Crippen LogP contribution in [0.15, 0.2) is 72.8 Å². The van der Waals surface area contributed by atoms with Gasteiger partial charge in [0.15, 0.2) is 24.8 Å². The molecule has 0 saturated carbocycles. The molecule has 0 spiro atoms. The first-order chi connectivity index (χ1) is 21.0. The lowest BCUT2D eigenvalue weighted by atomic mass is 10.0. The summed E-state index contributed by atoms with van der Waals surface area (Å²) in [5.41, 5.74) is 1.30. The Balaban J connectivity index is 0.000000240. The number of rotatable bonds is 12. The van der Waals surface area contributed by atoms with Gasteiger partial charge in [-0.1, -0.05) is 44.9 Å². The van der Waals surface area contributed by atoms with Gasteiger partial charge in [0.25, 0.3) is 0 Å². The van der Waals surface area contributed by atoms with E-state index >= 15 is 0 Å². The van der Waals surface area contributed by atoms with Crippen molar-refractivity contribution in [2.75, 3.05) is 13.2 Å².